The fourth-order valence-electron chi connectivity index (χ4n) is 2.93. The first-order valence-corrected chi connectivity index (χ1v) is 7.65. The molecule has 0 aliphatic heterocycles. The van der Waals surface area contributed by atoms with Crippen molar-refractivity contribution in [2.75, 3.05) is 13.1 Å². The van der Waals surface area contributed by atoms with E-state index in [9.17, 15) is 4.79 Å². The second kappa shape index (κ2) is 8.52. The average molecular weight is 254 g/mol. The van der Waals surface area contributed by atoms with Crippen LogP contribution in [0.15, 0.2) is 0 Å². The zero-order valence-electron chi connectivity index (χ0n) is 12.3. The lowest BCUT2D eigenvalue weighted by molar-refractivity contribution is -0.121. The molecule has 0 radical (unpaired) electrons. The van der Waals surface area contributed by atoms with E-state index in [1.165, 1.54) is 25.7 Å². The quantitative estimate of drug-likeness (QED) is 0.733. The largest absolute Gasteiger partial charge is 0.356 e. The third-order valence-electron chi connectivity index (χ3n) is 4.01. The number of nitrogens with one attached hydrogen (secondary N) is 2. The second-order valence-electron chi connectivity index (χ2n) is 5.85. The molecule has 1 rings (SSSR count). The van der Waals surface area contributed by atoms with E-state index in [-0.39, 0.29) is 5.91 Å². The molecule has 106 valence electrons. The molecule has 2 N–H and O–H groups in total. The summed E-state index contributed by atoms with van der Waals surface area (Å²) in [5.74, 6) is 1.72. The summed E-state index contributed by atoms with van der Waals surface area (Å²) in [5.41, 5.74) is 0. The van der Waals surface area contributed by atoms with Crippen LogP contribution in [0.2, 0.25) is 0 Å². The maximum atomic E-state index is 11.5. The lowest BCUT2D eigenvalue weighted by Crippen LogP contribution is -2.42. The van der Waals surface area contributed by atoms with Crippen LogP contribution in [0.1, 0.15) is 59.3 Å². The molecule has 1 aliphatic carbocycles. The van der Waals surface area contributed by atoms with Crippen molar-refractivity contribution in [3.63, 3.8) is 0 Å². The van der Waals surface area contributed by atoms with Crippen molar-refractivity contribution in [3.05, 3.63) is 0 Å². The van der Waals surface area contributed by atoms with Crippen molar-refractivity contribution in [1.29, 1.82) is 0 Å². The second-order valence-corrected chi connectivity index (χ2v) is 5.85. The van der Waals surface area contributed by atoms with Gasteiger partial charge in [0.25, 0.3) is 0 Å². The number of carbonyl (C=O) groups is 1. The topological polar surface area (TPSA) is 41.1 Å². The van der Waals surface area contributed by atoms with Crippen LogP contribution in [-0.2, 0) is 4.79 Å². The van der Waals surface area contributed by atoms with Crippen molar-refractivity contribution >= 4 is 5.91 Å². The molecule has 2 unspecified atom stereocenters. The Balaban J connectivity index is 2.22. The Bertz CT molecular complexity index is 241. The van der Waals surface area contributed by atoms with Gasteiger partial charge >= 0.3 is 0 Å². The normalized spacial score (nSPS) is 24.2. The first kappa shape index (κ1) is 15.5. The minimum Gasteiger partial charge on any atom is -0.356 e. The standard InChI is InChI=1S/C15H30N2O/c1-4-10-17-15(18)9-11-16-14-8-6-5-7-13(14)12(2)3/h12-14,16H,4-11H2,1-3H3,(H,17,18). The predicted octanol–water partition coefficient (Wildman–Crippen LogP) is 2.71. The molecule has 0 spiro atoms. The number of hydrogen-bond donors (Lipinski definition) is 2. The fourth-order valence-corrected chi connectivity index (χ4v) is 2.93. The molecule has 1 amide bonds. The summed E-state index contributed by atoms with van der Waals surface area (Å²) in [4.78, 5) is 11.5. The molecule has 3 heteroatoms. The van der Waals surface area contributed by atoms with E-state index in [1.807, 2.05) is 0 Å². The van der Waals surface area contributed by atoms with E-state index >= 15 is 0 Å². The minimum absolute atomic E-state index is 0.182. The van der Waals surface area contributed by atoms with Crippen molar-refractivity contribution in [3.8, 4) is 0 Å². The molecular weight excluding hydrogens is 224 g/mol. The number of rotatable bonds is 7. The van der Waals surface area contributed by atoms with E-state index in [2.05, 4.69) is 31.4 Å². The number of carbonyl (C=O) groups excluding carboxylic acids is 1. The Morgan fingerprint density at radius 2 is 1.94 bits per heavy atom. The molecule has 0 aromatic rings. The summed E-state index contributed by atoms with van der Waals surface area (Å²) in [5, 5.41) is 6.52. The highest BCUT2D eigenvalue weighted by Gasteiger charge is 2.26. The zero-order chi connectivity index (χ0) is 13.4. The molecule has 0 bridgehead atoms. The molecule has 0 saturated heterocycles. The number of hydrogen-bond acceptors (Lipinski definition) is 2. The van der Waals surface area contributed by atoms with Gasteiger partial charge < -0.3 is 10.6 Å². The Labute approximate surface area is 112 Å². The van der Waals surface area contributed by atoms with Crippen LogP contribution in [0.3, 0.4) is 0 Å². The Morgan fingerprint density at radius 3 is 2.61 bits per heavy atom. The van der Waals surface area contributed by atoms with Gasteiger partial charge in [-0.3, -0.25) is 4.79 Å². The summed E-state index contributed by atoms with van der Waals surface area (Å²) in [6.07, 6.45) is 6.95. The van der Waals surface area contributed by atoms with Gasteiger partial charge in [0.15, 0.2) is 0 Å². The van der Waals surface area contributed by atoms with Crippen LogP contribution in [0.5, 0.6) is 0 Å². The predicted molar refractivity (Wildman–Crippen MR) is 76.5 cm³/mol. The van der Waals surface area contributed by atoms with Crippen molar-refractivity contribution < 1.29 is 4.79 Å². The first-order chi connectivity index (χ1) is 8.65. The monoisotopic (exact) mass is 254 g/mol. The van der Waals surface area contributed by atoms with Gasteiger partial charge in [0, 0.05) is 25.6 Å². The summed E-state index contributed by atoms with van der Waals surface area (Å²) >= 11 is 0. The molecule has 0 aromatic carbocycles. The Hall–Kier alpha value is -0.570. The smallest absolute Gasteiger partial charge is 0.221 e. The molecule has 3 nitrogen and oxygen atoms in total. The summed E-state index contributed by atoms with van der Waals surface area (Å²) in [7, 11) is 0. The van der Waals surface area contributed by atoms with Gasteiger partial charge in [0.1, 0.15) is 0 Å². The SMILES string of the molecule is CCCNC(=O)CCNC1CCCCC1C(C)C. The fraction of sp³-hybridized carbons (Fsp3) is 0.933. The van der Waals surface area contributed by atoms with Crippen LogP contribution >= 0.6 is 0 Å². The Morgan fingerprint density at radius 1 is 1.22 bits per heavy atom. The molecular formula is C15H30N2O. The molecule has 1 fully saturated rings. The molecule has 1 saturated carbocycles. The van der Waals surface area contributed by atoms with Gasteiger partial charge in [-0.25, -0.2) is 0 Å². The maximum Gasteiger partial charge on any atom is 0.221 e. The van der Waals surface area contributed by atoms with Gasteiger partial charge in [0.2, 0.25) is 5.91 Å². The van der Waals surface area contributed by atoms with Crippen LogP contribution in [0.25, 0.3) is 0 Å². The lowest BCUT2D eigenvalue weighted by atomic mass is 9.78. The van der Waals surface area contributed by atoms with Crippen LogP contribution in [-0.4, -0.2) is 25.0 Å². The molecule has 1 aliphatic rings. The van der Waals surface area contributed by atoms with Crippen molar-refractivity contribution in [2.24, 2.45) is 11.8 Å². The molecule has 18 heavy (non-hydrogen) atoms. The van der Waals surface area contributed by atoms with Gasteiger partial charge in [-0.05, 0) is 31.1 Å². The highest BCUT2D eigenvalue weighted by molar-refractivity contribution is 5.75. The molecule has 0 heterocycles. The van der Waals surface area contributed by atoms with Gasteiger partial charge in [0.05, 0.1) is 0 Å². The summed E-state index contributed by atoms with van der Waals surface area (Å²) in [6, 6.07) is 0.623. The minimum atomic E-state index is 0.182. The lowest BCUT2D eigenvalue weighted by Gasteiger charge is -2.35. The van der Waals surface area contributed by atoms with Crippen molar-refractivity contribution in [1.82, 2.24) is 10.6 Å². The van der Waals surface area contributed by atoms with E-state index in [4.69, 9.17) is 0 Å². The average Bonchev–Trinajstić information content (AvgIpc) is 2.36. The summed E-state index contributed by atoms with van der Waals surface area (Å²) in [6.45, 7) is 8.34. The molecule has 0 aromatic heterocycles. The van der Waals surface area contributed by atoms with Crippen LogP contribution in [0.4, 0.5) is 0 Å². The first-order valence-electron chi connectivity index (χ1n) is 7.65. The van der Waals surface area contributed by atoms with Gasteiger partial charge in [-0.2, -0.15) is 0 Å². The van der Waals surface area contributed by atoms with E-state index in [0.29, 0.717) is 12.5 Å². The Kier molecular flexibility index (Phi) is 7.33. The van der Waals surface area contributed by atoms with E-state index in [0.717, 1.165) is 31.3 Å². The third kappa shape index (κ3) is 5.38. The van der Waals surface area contributed by atoms with Crippen molar-refractivity contribution in [2.45, 2.75) is 65.3 Å². The van der Waals surface area contributed by atoms with Crippen LogP contribution < -0.4 is 10.6 Å². The van der Waals surface area contributed by atoms with E-state index in [1.54, 1.807) is 0 Å². The highest BCUT2D eigenvalue weighted by Crippen LogP contribution is 2.30. The molecule has 2 atom stereocenters. The van der Waals surface area contributed by atoms with Gasteiger partial charge in [-0.15, -0.1) is 0 Å². The van der Waals surface area contributed by atoms with E-state index < -0.39 is 0 Å². The third-order valence-corrected chi connectivity index (χ3v) is 4.01. The van der Waals surface area contributed by atoms with Crippen LogP contribution in [0, 0.1) is 11.8 Å². The maximum absolute atomic E-state index is 11.5. The highest BCUT2D eigenvalue weighted by atomic mass is 16.1. The zero-order valence-corrected chi connectivity index (χ0v) is 12.3. The number of amides is 1. The van der Waals surface area contributed by atoms with Gasteiger partial charge in [-0.1, -0.05) is 33.6 Å². The summed E-state index contributed by atoms with van der Waals surface area (Å²) < 4.78 is 0.